The van der Waals surface area contributed by atoms with E-state index in [-0.39, 0.29) is 17.6 Å². The van der Waals surface area contributed by atoms with Crippen molar-refractivity contribution in [1.29, 1.82) is 0 Å². The Bertz CT molecular complexity index is 650. The Hall–Kier alpha value is -1.87. The van der Waals surface area contributed by atoms with Gasteiger partial charge < -0.3 is 14.8 Å². The third-order valence-electron chi connectivity index (χ3n) is 2.37. The fraction of sp³-hybridized carbons (Fsp3) is 0.333. The average Bonchev–Trinajstić information content (AvgIpc) is 3.05. The van der Waals surface area contributed by atoms with Crippen LogP contribution in [0.4, 0.5) is 5.13 Å². The normalized spacial score (nSPS) is 10.8. The molecule has 0 aliphatic heterocycles. The van der Waals surface area contributed by atoms with Crippen LogP contribution in [0.3, 0.4) is 0 Å². The Morgan fingerprint density at radius 3 is 2.81 bits per heavy atom. The van der Waals surface area contributed by atoms with Crippen LogP contribution in [0.1, 0.15) is 30.2 Å². The molecule has 112 valence electrons. The first kappa shape index (κ1) is 15.5. The molecule has 1 amide bonds. The Morgan fingerprint density at radius 2 is 2.19 bits per heavy atom. The summed E-state index contributed by atoms with van der Waals surface area (Å²) in [7, 11) is 0. The first-order chi connectivity index (χ1) is 9.95. The summed E-state index contributed by atoms with van der Waals surface area (Å²) in [4.78, 5) is 22.2. The number of carboxylic acid groups (broad SMARTS) is 1. The van der Waals surface area contributed by atoms with Gasteiger partial charge in [0.1, 0.15) is 5.76 Å². The molecule has 2 heterocycles. The first-order valence-electron chi connectivity index (χ1n) is 6.05. The van der Waals surface area contributed by atoms with Gasteiger partial charge in [0.05, 0.1) is 5.75 Å². The second-order valence-electron chi connectivity index (χ2n) is 4.38. The maximum atomic E-state index is 11.5. The number of carbonyl (C=O) groups excluding carboxylic acids is 1. The Labute approximate surface area is 128 Å². The van der Waals surface area contributed by atoms with Crippen molar-refractivity contribution in [2.75, 3.05) is 5.32 Å². The van der Waals surface area contributed by atoms with Crippen molar-refractivity contribution in [3.8, 4) is 0 Å². The van der Waals surface area contributed by atoms with Gasteiger partial charge in [-0.15, -0.1) is 10.2 Å². The maximum Gasteiger partial charge on any atom is 0.371 e. The molecular formula is C12H13N3O4S2. The Balaban J connectivity index is 1.90. The quantitative estimate of drug-likeness (QED) is 0.620. The van der Waals surface area contributed by atoms with Crippen LogP contribution in [-0.2, 0) is 10.5 Å². The van der Waals surface area contributed by atoms with Crippen LogP contribution in [0.15, 0.2) is 20.9 Å². The van der Waals surface area contributed by atoms with E-state index in [2.05, 4.69) is 15.5 Å². The largest absolute Gasteiger partial charge is 0.475 e. The van der Waals surface area contributed by atoms with Gasteiger partial charge in [0.25, 0.3) is 0 Å². The molecule has 2 aromatic rings. The van der Waals surface area contributed by atoms with Crippen LogP contribution in [0.2, 0.25) is 0 Å². The molecule has 0 unspecified atom stereocenters. The molecule has 7 nitrogen and oxygen atoms in total. The summed E-state index contributed by atoms with van der Waals surface area (Å²) in [6, 6.07) is 3.02. The second-order valence-corrected chi connectivity index (χ2v) is 6.58. The molecule has 2 rings (SSSR count). The van der Waals surface area contributed by atoms with E-state index >= 15 is 0 Å². The van der Waals surface area contributed by atoms with Crippen molar-refractivity contribution in [2.45, 2.75) is 23.9 Å². The van der Waals surface area contributed by atoms with Crippen LogP contribution in [0.5, 0.6) is 0 Å². The predicted molar refractivity (Wildman–Crippen MR) is 78.6 cm³/mol. The van der Waals surface area contributed by atoms with Crippen LogP contribution < -0.4 is 5.32 Å². The lowest BCUT2D eigenvalue weighted by molar-refractivity contribution is -0.118. The standard InChI is InChI=1S/C12H13N3O4S2/c1-6(2)9(16)13-11-14-15-12(21-11)20-5-7-3-4-8(19-7)10(17)18/h3-4,6H,5H2,1-2H3,(H,17,18)(H,13,14,16). The van der Waals surface area contributed by atoms with Crippen LogP contribution in [0.25, 0.3) is 0 Å². The van der Waals surface area contributed by atoms with E-state index in [0.29, 0.717) is 21.0 Å². The molecule has 0 spiro atoms. The SMILES string of the molecule is CC(C)C(=O)Nc1nnc(SCc2ccc(C(=O)O)o2)s1. The highest BCUT2D eigenvalue weighted by molar-refractivity contribution is 8.00. The van der Waals surface area contributed by atoms with Crippen molar-refractivity contribution >= 4 is 40.1 Å². The highest BCUT2D eigenvalue weighted by atomic mass is 32.2. The zero-order chi connectivity index (χ0) is 15.4. The number of aromatic nitrogens is 2. The third-order valence-corrected chi connectivity index (χ3v) is 4.37. The number of carboxylic acids is 1. The number of hydrogen-bond acceptors (Lipinski definition) is 7. The number of furan rings is 1. The molecule has 0 saturated heterocycles. The molecule has 0 saturated carbocycles. The highest BCUT2D eigenvalue weighted by Crippen LogP contribution is 2.29. The van der Waals surface area contributed by atoms with Crippen molar-refractivity contribution in [3.63, 3.8) is 0 Å². The zero-order valence-corrected chi connectivity index (χ0v) is 13.0. The van der Waals surface area contributed by atoms with Gasteiger partial charge in [-0.1, -0.05) is 36.9 Å². The lowest BCUT2D eigenvalue weighted by Gasteiger charge is -2.02. The number of rotatable bonds is 6. The van der Waals surface area contributed by atoms with Crippen LogP contribution in [-0.4, -0.2) is 27.2 Å². The van der Waals surface area contributed by atoms with Crippen molar-refractivity contribution in [3.05, 3.63) is 23.7 Å². The van der Waals surface area contributed by atoms with Crippen molar-refractivity contribution in [2.24, 2.45) is 5.92 Å². The monoisotopic (exact) mass is 327 g/mol. The van der Waals surface area contributed by atoms with Gasteiger partial charge in [-0.3, -0.25) is 4.79 Å². The topological polar surface area (TPSA) is 105 Å². The molecule has 0 aromatic carbocycles. The van der Waals surface area contributed by atoms with Gasteiger partial charge in [0.15, 0.2) is 4.34 Å². The van der Waals surface area contributed by atoms with E-state index in [0.717, 1.165) is 0 Å². The van der Waals surface area contributed by atoms with Gasteiger partial charge in [-0.05, 0) is 12.1 Å². The van der Waals surface area contributed by atoms with Crippen LogP contribution >= 0.6 is 23.1 Å². The van der Waals surface area contributed by atoms with E-state index in [1.807, 2.05) is 0 Å². The molecule has 21 heavy (non-hydrogen) atoms. The summed E-state index contributed by atoms with van der Waals surface area (Å²) in [5.74, 6) is -0.434. The number of thioether (sulfide) groups is 1. The Morgan fingerprint density at radius 1 is 1.43 bits per heavy atom. The van der Waals surface area contributed by atoms with E-state index in [4.69, 9.17) is 9.52 Å². The predicted octanol–water partition coefficient (Wildman–Crippen LogP) is 2.72. The smallest absolute Gasteiger partial charge is 0.371 e. The summed E-state index contributed by atoms with van der Waals surface area (Å²) in [6.07, 6.45) is 0. The molecule has 2 aromatic heterocycles. The average molecular weight is 327 g/mol. The summed E-state index contributed by atoms with van der Waals surface area (Å²) in [5, 5.41) is 19.7. The minimum absolute atomic E-state index is 0.0900. The van der Waals surface area contributed by atoms with E-state index in [1.165, 1.54) is 29.2 Å². The van der Waals surface area contributed by atoms with Gasteiger partial charge in [0.2, 0.25) is 16.8 Å². The molecular weight excluding hydrogens is 314 g/mol. The molecule has 0 fully saturated rings. The Kier molecular flexibility index (Phi) is 4.97. The molecule has 9 heteroatoms. The summed E-state index contributed by atoms with van der Waals surface area (Å²) in [5.41, 5.74) is 0. The lowest BCUT2D eigenvalue weighted by atomic mass is 10.2. The maximum absolute atomic E-state index is 11.5. The minimum Gasteiger partial charge on any atom is -0.475 e. The van der Waals surface area contributed by atoms with E-state index in [1.54, 1.807) is 19.9 Å². The van der Waals surface area contributed by atoms with E-state index < -0.39 is 5.97 Å². The number of nitrogens with zero attached hydrogens (tertiary/aromatic N) is 2. The number of nitrogens with one attached hydrogen (secondary N) is 1. The highest BCUT2D eigenvalue weighted by Gasteiger charge is 2.13. The summed E-state index contributed by atoms with van der Waals surface area (Å²) in [6.45, 7) is 3.59. The molecule has 2 N–H and O–H groups in total. The summed E-state index contributed by atoms with van der Waals surface area (Å²) < 4.78 is 5.80. The zero-order valence-electron chi connectivity index (χ0n) is 11.3. The fourth-order valence-corrected chi connectivity index (χ4v) is 2.92. The fourth-order valence-electron chi connectivity index (χ4n) is 1.27. The number of hydrogen-bond donors (Lipinski definition) is 2. The molecule has 0 bridgehead atoms. The molecule has 0 aliphatic carbocycles. The van der Waals surface area contributed by atoms with Gasteiger partial charge in [0, 0.05) is 5.92 Å². The van der Waals surface area contributed by atoms with Crippen molar-refractivity contribution in [1.82, 2.24) is 10.2 Å². The third kappa shape index (κ3) is 4.30. The first-order valence-corrected chi connectivity index (χ1v) is 7.85. The van der Waals surface area contributed by atoms with Crippen LogP contribution in [0, 0.1) is 5.92 Å². The number of carbonyl (C=O) groups is 2. The minimum atomic E-state index is -1.10. The van der Waals surface area contributed by atoms with Gasteiger partial charge >= 0.3 is 5.97 Å². The number of anilines is 1. The molecule has 0 atom stereocenters. The van der Waals surface area contributed by atoms with Gasteiger partial charge in [-0.2, -0.15) is 0 Å². The molecule has 0 aliphatic rings. The summed E-state index contributed by atoms with van der Waals surface area (Å²) >= 11 is 2.62. The van der Waals surface area contributed by atoms with E-state index in [9.17, 15) is 9.59 Å². The second kappa shape index (κ2) is 6.72. The molecule has 0 radical (unpaired) electrons. The lowest BCUT2D eigenvalue weighted by Crippen LogP contribution is -2.17. The number of aromatic carboxylic acids is 1. The van der Waals surface area contributed by atoms with Gasteiger partial charge in [-0.25, -0.2) is 4.79 Å². The number of amides is 1. The van der Waals surface area contributed by atoms with Crippen molar-refractivity contribution < 1.29 is 19.1 Å².